The molecule has 2 aromatic heterocycles. The van der Waals surface area contributed by atoms with Crippen molar-refractivity contribution in [3.63, 3.8) is 0 Å². The van der Waals surface area contributed by atoms with Gasteiger partial charge in [-0.05, 0) is 12.1 Å². The molecule has 3 aromatic rings. The van der Waals surface area contributed by atoms with E-state index >= 15 is 0 Å². The van der Waals surface area contributed by atoms with Crippen molar-refractivity contribution in [2.24, 2.45) is 0 Å². The first-order valence-electron chi connectivity index (χ1n) is 7.24. The van der Waals surface area contributed by atoms with Gasteiger partial charge < -0.3 is 4.42 Å². The number of hydrogen-bond acceptors (Lipinski definition) is 2. The van der Waals surface area contributed by atoms with Gasteiger partial charge in [-0.3, -0.25) is 0 Å². The summed E-state index contributed by atoms with van der Waals surface area (Å²) in [7, 11) is 0. The molecule has 120 valence electrons. The fourth-order valence-electron chi connectivity index (χ4n) is 2.45. The molecular weight excluding hydrogens is 303 g/mol. The van der Waals surface area contributed by atoms with Crippen molar-refractivity contribution < 1.29 is 17.6 Å². The molecule has 1 aromatic carbocycles. The number of hydrogen-bond donors (Lipinski definition) is 0. The Kier molecular flexibility index (Phi) is 3.47. The molecule has 0 radical (unpaired) electrons. The molecule has 0 N–H and O–H groups in total. The van der Waals surface area contributed by atoms with Crippen molar-refractivity contribution in [1.82, 2.24) is 4.98 Å². The number of halogens is 3. The number of aromatic nitrogens is 1. The largest absolute Gasteiger partial charge is 0.454 e. The average Bonchev–Trinajstić information content (AvgIpc) is 2.89. The van der Waals surface area contributed by atoms with E-state index in [1.807, 2.05) is 51.1 Å². The zero-order chi connectivity index (χ0) is 16.8. The summed E-state index contributed by atoms with van der Waals surface area (Å²) in [6.45, 7) is 5.46. The van der Waals surface area contributed by atoms with Crippen molar-refractivity contribution in [1.29, 1.82) is 0 Å². The SMILES string of the molecule is CC(C)(C)c1nc(C(F)(F)F)cc2cc(-c3ccccc3)oc12. The van der Waals surface area contributed by atoms with Crippen molar-refractivity contribution in [3.05, 3.63) is 53.9 Å². The van der Waals surface area contributed by atoms with Crippen LogP contribution in [-0.4, -0.2) is 4.98 Å². The molecule has 0 spiro atoms. The van der Waals surface area contributed by atoms with Gasteiger partial charge in [0.1, 0.15) is 11.5 Å². The number of rotatable bonds is 1. The van der Waals surface area contributed by atoms with Gasteiger partial charge in [0.25, 0.3) is 0 Å². The van der Waals surface area contributed by atoms with Gasteiger partial charge in [0.2, 0.25) is 0 Å². The molecule has 0 bridgehead atoms. The van der Waals surface area contributed by atoms with Gasteiger partial charge in [0.05, 0.1) is 5.69 Å². The monoisotopic (exact) mass is 319 g/mol. The minimum absolute atomic E-state index is 0.310. The predicted molar refractivity (Wildman–Crippen MR) is 83.1 cm³/mol. The van der Waals surface area contributed by atoms with Gasteiger partial charge in [0, 0.05) is 16.4 Å². The Morgan fingerprint density at radius 1 is 0.957 bits per heavy atom. The third-order valence-corrected chi connectivity index (χ3v) is 3.56. The number of alkyl halides is 3. The maximum atomic E-state index is 13.1. The molecule has 3 rings (SSSR count). The lowest BCUT2D eigenvalue weighted by Crippen LogP contribution is -2.18. The van der Waals surface area contributed by atoms with E-state index in [2.05, 4.69) is 4.98 Å². The molecule has 0 unspecified atom stereocenters. The van der Waals surface area contributed by atoms with Crippen LogP contribution in [0.1, 0.15) is 32.2 Å². The summed E-state index contributed by atoms with van der Waals surface area (Å²) < 4.78 is 45.2. The Labute approximate surface area is 132 Å². The van der Waals surface area contributed by atoms with Crippen molar-refractivity contribution in [2.45, 2.75) is 32.4 Å². The maximum absolute atomic E-state index is 13.1. The number of furan rings is 1. The van der Waals surface area contributed by atoms with Crippen LogP contribution in [0.25, 0.3) is 22.3 Å². The van der Waals surface area contributed by atoms with Crippen LogP contribution in [0, 0.1) is 0 Å². The Morgan fingerprint density at radius 2 is 1.61 bits per heavy atom. The quantitative estimate of drug-likeness (QED) is 0.565. The second-order valence-electron chi connectivity index (χ2n) is 6.50. The van der Waals surface area contributed by atoms with E-state index < -0.39 is 17.3 Å². The highest BCUT2D eigenvalue weighted by atomic mass is 19.4. The summed E-state index contributed by atoms with van der Waals surface area (Å²) in [6, 6.07) is 12.0. The van der Waals surface area contributed by atoms with E-state index in [4.69, 9.17) is 4.42 Å². The van der Waals surface area contributed by atoms with Gasteiger partial charge in [0.15, 0.2) is 5.58 Å². The third kappa shape index (κ3) is 2.96. The number of nitrogens with zero attached hydrogens (tertiary/aromatic N) is 1. The van der Waals surface area contributed by atoms with E-state index in [0.29, 0.717) is 22.4 Å². The lowest BCUT2D eigenvalue weighted by Gasteiger charge is -2.19. The average molecular weight is 319 g/mol. The highest BCUT2D eigenvalue weighted by Crippen LogP contribution is 2.38. The fourth-order valence-corrected chi connectivity index (χ4v) is 2.45. The third-order valence-electron chi connectivity index (χ3n) is 3.56. The normalized spacial score (nSPS) is 12.8. The van der Waals surface area contributed by atoms with Crippen LogP contribution in [0.4, 0.5) is 13.2 Å². The zero-order valence-corrected chi connectivity index (χ0v) is 13.0. The first kappa shape index (κ1) is 15.6. The molecule has 0 saturated heterocycles. The minimum atomic E-state index is -4.49. The molecule has 0 aliphatic rings. The van der Waals surface area contributed by atoms with E-state index in [9.17, 15) is 13.2 Å². The molecule has 2 heterocycles. The molecule has 2 nitrogen and oxygen atoms in total. The molecule has 0 saturated carbocycles. The van der Waals surface area contributed by atoms with Crippen LogP contribution in [-0.2, 0) is 11.6 Å². The highest BCUT2D eigenvalue weighted by Gasteiger charge is 2.35. The lowest BCUT2D eigenvalue weighted by atomic mass is 9.90. The fraction of sp³-hybridized carbons (Fsp3) is 0.278. The summed E-state index contributed by atoms with van der Waals surface area (Å²) in [5.41, 5.74) is 0.0759. The Bertz CT molecular complexity index is 842. The van der Waals surface area contributed by atoms with Crippen LogP contribution >= 0.6 is 0 Å². The maximum Gasteiger partial charge on any atom is 0.433 e. The van der Waals surface area contributed by atoms with Gasteiger partial charge >= 0.3 is 6.18 Å². The molecule has 0 amide bonds. The molecule has 0 aliphatic carbocycles. The molecule has 23 heavy (non-hydrogen) atoms. The van der Waals surface area contributed by atoms with Gasteiger partial charge in [-0.15, -0.1) is 0 Å². The second kappa shape index (κ2) is 5.11. The molecular formula is C18H16F3NO. The minimum Gasteiger partial charge on any atom is -0.454 e. The van der Waals surface area contributed by atoms with Crippen molar-refractivity contribution in [2.75, 3.05) is 0 Å². The topological polar surface area (TPSA) is 26.0 Å². The lowest BCUT2D eigenvalue weighted by molar-refractivity contribution is -0.141. The van der Waals surface area contributed by atoms with Crippen LogP contribution in [0.5, 0.6) is 0 Å². The van der Waals surface area contributed by atoms with Gasteiger partial charge in [-0.25, -0.2) is 4.98 Å². The highest BCUT2D eigenvalue weighted by molar-refractivity contribution is 5.85. The van der Waals surface area contributed by atoms with Gasteiger partial charge in [-0.1, -0.05) is 51.1 Å². The standard InChI is InChI=1S/C18H16F3NO/c1-17(2,3)16-15-12(10-14(22-16)18(19,20)21)9-13(23-15)11-7-5-4-6-8-11/h4-10H,1-3H3. The van der Waals surface area contributed by atoms with E-state index in [1.165, 1.54) is 0 Å². The number of benzene rings is 1. The number of fused-ring (bicyclic) bond motifs is 1. The van der Waals surface area contributed by atoms with Crippen LogP contribution in [0.15, 0.2) is 46.9 Å². The second-order valence-corrected chi connectivity index (χ2v) is 6.50. The van der Waals surface area contributed by atoms with Crippen LogP contribution in [0.3, 0.4) is 0 Å². The van der Waals surface area contributed by atoms with E-state index in [0.717, 1.165) is 11.6 Å². The molecule has 0 atom stereocenters. The Hall–Kier alpha value is -2.30. The number of pyridine rings is 1. The summed E-state index contributed by atoms with van der Waals surface area (Å²) >= 11 is 0. The summed E-state index contributed by atoms with van der Waals surface area (Å²) in [4.78, 5) is 3.83. The first-order chi connectivity index (χ1) is 10.7. The van der Waals surface area contributed by atoms with Crippen LogP contribution in [0.2, 0.25) is 0 Å². The van der Waals surface area contributed by atoms with Crippen molar-refractivity contribution >= 4 is 11.0 Å². The van der Waals surface area contributed by atoms with Gasteiger partial charge in [-0.2, -0.15) is 13.2 Å². The smallest absolute Gasteiger partial charge is 0.433 e. The molecule has 5 heteroatoms. The molecule has 0 aliphatic heterocycles. The summed E-state index contributed by atoms with van der Waals surface area (Å²) in [6.07, 6.45) is -4.49. The van der Waals surface area contributed by atoms with Crippen molar-refractivity contribution in [3.8, 4) is 11.3 Å². The molecule has 0 fully saturated rings. The Balaban J connectivity index is 2.28. The predicted octanol–water partition coefficient (Wildman–Crippen LogP) is 5.81. The zero-order valence-electron chi connectivity index (χ0n) is 13.0. The Morgan fingerprint density at radius 3 is 2.17 bits per heavy atom. The van der Waals surface area contributed by atoms with E-state index in [-0.39, 0.29) is 0 Å². The first-order valence-corrected chi connectivity index (χ1v) is 7.24. The summed E-state index contributed by atoms with van der Waals surface area (Å²) in [5.74, 6) is 0.534. The van der Waals surface area contributed by atoms with Crippen LogP contribution < -0.4 is 0 Å². The summed E-state index contributed by atoms with van der Waals surface area (Å²) in [5, 5.41) is 0.413. The van der Waals surface area contributed by atoms with E-state index in [1.54, 1.807) is 6.07 Å².